The molecule has 94 valence electrons. The maximum absolute atomic E-state index is 11.3. The van der Waals surface area contributed by atoms with Gasteiger partial charge in [0.25, 0.3) is 0 Å². The third-order valence-corrected chi connectivity index (χ3v) is 3.53. The Morgan fingerprint density at radius 1 is 1.31 bits per heavy atom. The van der Waals surface area contributed by atoms with Crippen molar-refractivity contribution in [3.8, 4) is 0 Å². The van der Waals surface area contributed by atoms with E-state index in [0.29, 0.717) is 12.3 Å². The molecule has 0 radical (unpaired) electrons. The summed E-state index contributed by atoms with van der Waals surface area (Å²) in [6, 6.07) is 0. The van der Waals surface area contributed by atoms with Crippen molar-refractivity contribution in [3.05, 3.63) is 0 Å². The van der Waals surface area contributed by atoms with E-state index < -0.39 is 0 Å². The first-order chi connectivity index (χ1) is 7.63. The third kappa shape index (κ3) is 4.54. The zero-order valence-electron chi connectivity index (χ0n) is 11.0. The van der Waals surface area contributed by atoms with E-state index in [1.165, 1.54) is 32.1 Å². The molecule has 16 heavy (non-hydrogen) atoms. The van der Waals surface area contributed by atoms with Crippen LogP contribution >= 0.6 is 0 Å². The molecule has 2 atom stereocenters. The Balaban J connectivity index is 2.40. The smallest absolute Gasteiger partial charge is 0.305 e. The van der Waals surface area contributed by atoms with E-state index in [2.05, 4.69) is 13.8 Å². The number of ether oxygens (including phenoxy) is 1. The summed E-state index contributed by atoms with van der Waals surface area (Å²) in [6.45, 7) is 6.39. The van der Waals surface area contributed by atoms with Crippen LogP contribution in [0.4, 0.5) is 0 Å². The van der Waals surface area contributed by atoms with E-state index in [1.54, 1.807) is 0 Å². The number of esters is 1. The predicted molar refractivity (Wildman–Crippen MR) is 66.2 cm³/mol. The molecule has 1 rings (SSSR count). The molecule has 0 heterocycles. The summed E-state index contributed by atoms with van der Waals surface area (Å²) < 4.78 is 5.55. The van der Waals surface area contributed by atoms with Crippen molar-refractivity contribution in [2.45, 2.75) is 71.8 Å². The van der Waals surface area contributed by atoms with E-state index in [4.69, 9.17) is 4.74 Å². The highest BCUT2D eigenvalue weighted by Crippen LogP contribution is 2.31. The molecule has 0 saturated heterocycles. The zero-order valence-corrected chi connectivity index (χ0v) is 11.0. The second-order valence-corrected chi connectivity index (χ2v) is 5.40. The van der Waals surface area contributed by atoms with Crippen LogP contribution in [-0.4, -0.2) is 12.1 Å². The van der Waals surface area contributed by atoms with Gasteiger partial charge in [-0.05, 0) is 37.5 Å². The molecular formula is C14H26O2. The fourth-order valence-corrected chi connectivity index (χ4v) is 2.46. The van der Waals surface area contributed by atoms with E-state index in [9.17, 15) is 4.79 Å². The summed E-state index contributed by atoms with van der Waals surface area (Å²) >= 11 is 0. The molecule has 0 aromatic heterocycles. The Kier molecular flexibility index (Phi) is 5.86. The maximum atomic E-state index is 11.3. The first kappa shape index (κ1) is 13.5. The zero-order chi connectivity index (χ0) is 12.0. The van der Waals surface area contributed by atoms with Crippen LogP contribution in [0.25, 0.3) is 0 Å². The summed E-state index contributed by atoms with van der Waals surface area (Å²) in [5, 5.41) is 0. The number of carbonyl (C=O) groups excluding carboxylic acids is 1. The van der Waals surface area contributed by atoms with Gasteiger partial charge < -0.3 is 4.74 Å². The molecule has 2 heteroatoms. The van der Waals surface area contributed by atoms with Crippen LogP contribution in [0, 0.1) is 11.8 Å². The minimum atomic E-state index is -0.0264. The number of carbonyl (C=O) groups is 1. The van der Waals surface area contributed by atoms with Crippen molar-refractivity contribution < 1.29 is 9.53 Å². The molecule has 0 aromatic carbocycles. The van der Waals surface area contributed by atoms with Gasteiger partial charge in [0, 0.05) is 6.42 Å². The van der Waals surface area contributed by atoms with Crippen LogP contribution in [0.1, 0.15) is 65.7 Å². The Morgan fingerprint density at radius 2 is 2.00 bits per heavy atom. The quantitative estimate of drug-likeness (QED) is 0.664. The molecule has 0 spiro atoms. The molecule has 1 aliphatic rings. The minimum Gasteiger partial charge on any atom is -0.462 e. The first-order valence-corrected chi connectivity index (χ1v) is 6.83. The standard InChI is InChI=1S/C14H26O2/c1-4-14(15)16-13-8-6-5-7-12(13)10-9-11(2)3/h11-13H,4-10H2,1-3H3/t12-,13-/m1/s1. The summed E-state index contributed by atoms with van der Waals surface area (Å²) in [6.07, 6.45) is 8.04. The molecular weight excluding hydrogens is 200 g/mol. The summed E-state index contributed by atoms with van der Waals surface area (Å²) in [5.74, 6) is 1.34. The molecule has 0 amide bonds. The highest BCUT2D eigenvalue weighted by atomic mass is 16.5. The van der Waals surface area contributed by atoms with Crippen molar-refractivity contribution >= 4 is 5.97 Å². The second kappa shape index (κ2) is 6.93. The lowest BCUT2D eigenvalue weighted by Gasteiger charge is -2.31. The lowest BCUT2D eigenvalue weighted by Crippen LogP contribution is -2.30. The fourth-order valence-electron chi connectivity index (χ4n) is 2.46. The van der Waals surface area contributed by atoms with Crippen LogP contribution in [0.5, 0.6) is 0 Å². The second-order valence-electron chi connectivity index (χ2n) is 5.40. The number of rotatable bonds is 5. The third-order valence-electron chi connectivity index (χ3n) is 3.53. The lowest BCUT2D eigenvalue weighted by atomic mass is 9.82. The van der Waals surface area contributed by atoms with Crippen molar-refractivity contribution in [2.24, 2.45) is 11.8 Å². The average molecular weight is 226 g/mol. The van der Waals surface area contributed by atoms with Gasteiger partial charge in [-0.3, -0.25) is 4.79 Å². The van der Waals surface area contributed by atoms with Gasteiger partial charge in [0.2, 0.25) is 0 Å². The topological polar surface area (TPSA) is 26.3 Å². The normalized spacial score (nSPS) is 25.8. The van der Waals surface area contributed by atoms with Gasteiger partial charge >= 0.3 is 5.97 Å². The van der Waals surface area contributed by atoms with Gasteiger partial charge in [-0.15, -0.1) is 0 Å². The highest BCUT2D eigenvalue weighted by molar-refractivity contribution is 5.69. The van der Waals surface area contributed by atoms with Crippen molar-refractivity contribution in [1.82, 2.24) is 0 Å². The molecule has 0 bridgehead atoms. The monoisotopic (exact) mass is 226 g/mol. The molecule has 0 aliphatic heterocycles. The SMILES string of the molecule is CCC(=O)O[C@@H]1CCCC[C@@H]1CCC(C)C. The first-order valence-electron chi connectivity index (χ1n) is 6.83. The summed E-state index contributed by atoms with van der Waals surface area (Å²) in [4.78, 5) is 11.3. The van der Waals surface area contributed by atoms with Gasteiger partial charge in [0.1, 0.15) is 6.10 Å². The molecule has 0 N–H and O–H groups in total. The molecule has 1 saturated carbocycles. The van der Waals surface area contributed by atoms with Gasteiger partial charge in [0.05, 0.1) is 0 Å². The molecule has 0 unspecified atom stereocenters. The van der Waals surface area contributed by atoms with Crippen LogP contribution < -0.4 is 0 Å². The maximum Gasteiger partial charge on any atom is 0.305 e. The molecule has 1 fully saturated rings. The minimum absolute atomic E-state index is 0.0264. The van der Waals surface area contributed by atoms with Crippen molar-refractivity contribution in [3.63, 3.8) is 0 Å². The molecule has 2 nitrogen and oxygen atoms in total. The Hall–Kier alpha value is -0.530. The van der Waals surface area contributed by atoms with Crippen LogP contribution in [0.15, 0.2) is 0 Å². The molecule has 1 aliphatic carbocycles. The van der Waals surface area contributed by atoms with Crippen molar-refractivity contribution in [2.75, 3.05) is 0 Å². The lowest BCUT2D eigenvalue weighted by molar-refractivity contribution is -0.153. The van der Waals surface area contributed by atoms with Gasteiger partial charge in [-0.25, -0.2) is 0 Å². The number of hydrogen-bond acceptors (Lipinski definition) is 2. The Bertz CT molecular complexity index is 211. The Labute approximate surface area is 99.8 Å². The summed E-state index contributed by atoms with van der Waals surface area (Å²) in [7, 11) is 0. The fraction of sp³-hybridized carbons (Fsp3) is 0.929. The van der Waals surface area contributed by atoms with Gasteiger partial charge in [-0.1, -0.05) is 33.6 Å². The average Bonchev–Trinajstić information content (AvgIpc) is 2.27. The van der Waals surface area contributed by atoms with Crippen LogP contribution in [-0.2, 0) is 9.53 Å². The Morgan fingerprint density at radius 3 is 2.62 bits per heavy atom. The van der Waals surface area contributed by atoms with Gasteiger partial charge in [-0.2, -0.15) is 0 Å². The van der Waals surface area contributed by atoms with E-state index in [1.807, 2.05) is 6.92 Å². The number of hydrogen-bond donors (Lipinski definition) is 0. The summed E-state index contributed by atoms with van der Waals surface area (Å²) in [5.41, 5.74) is 0. The largest absolute Gasteiger partial charge is 0.462 e. The van der Waals surface area contributed by atoms with Crippen molar-refractivity contribution in [1.29, 1.82) is 0 Å². The van der Waals surface area contributed by atoms with Gasteiger partial charge in [0.15, 0.2) is 0 Å². The van der Waals surface area contributed by atoms with Crippen LogP contribution in [0.2, 0.25) is 0 Å². The van der Waals surface area contributed by atoms with E-state index >= 15 is 0 Å². The van der Waals surface area contributed by atoms with Crippen LogP contribution in [0.3, 0.4) is 0 Å². The highest BCUT2D eigenvalue weighted by Gasteiger charge is 2.27. The predicted octanol–water partition coefficient (Wildman–Crippen LogP) is 3.93. The van der Waals surface area contributed by atoms with E-state index in [-0.39, 0.29) is 12.1 Å². The van der Waals surface area contributed by atoms with E-state index in [0.717, 1.165) is 12.3 Å². The molecule has 0 aromatic rings.